The van der Waals surface area contributed by atoms with E-state index in [2.05, 4.69) is 9.97 Å². The van der Waals surface area contributed by atoms with Gasteiger partial charge in [0.2, 0.25) is 0 Å². The second-order valence-electron chi connectivity index (χ2n) is 5.55. The highest BCUT2D eigenvalue weighted by atomic mass is 35.5. The average molecular weight is 365 g/mol. The van der Waals surface area contributed by atoms with Gasteiger partial charge in [-0.05, 0) is 32.9 Å². The summed E-state index contributed by atoms with van der Waals surface area (Å²) in [5.74, 6) is -1.37. The smallest absolute Gasteiger partial charge is 0.357 e. The number of methoxy groups -OCH3 is 2. The van der Waals surface area contributed by atoms with Crippen LogP contribution in [0.4, 0.5) is 4.39 Å². The average Bonchev–Trinajstić information content (AvgIpc) is 2.56. The minimum Gasteiger partial charge on any atom is -0.492 e. The Morgan fingerprint density at radius 1 is 1.24 bits per heavy atom. The zero-order valence-corrected chi connectivity index (χ0v) is 15.4. The van der Waals surface area contributed by atoms with E-state index in [9.17, 15) is 9.18 Å². The summed E-state index contributed by atoms with van der Waals surface area (Å²) >= 11 is 5.92. The first-order valence-electron chi connectivity index (χ1n) is 7.44. The van der Waals surface area contributed by atoms with E-state index in [1.54, 1.807) is 13.0 Å². The van der Waals surface area contributed by atoms with Crippen molar-refractivity contribution in [3.8, 4) is 17.1 Å². The third-order valence-electron chi connectivity index (χ3n) is 3.44. The van der Waals surface area contributed by atoms with Crippen LogP contribution in [0.2, 0.25) is 5.02 Å². The van der Waals surface area contributed by atoms with Crippen LogP contribution in [0.1, 0.15) is 35.6 Å². The third-order valence-corrected chi connectivity index (χ3v) is 3.74. The van der Waals surface area contributed by atoms with Crippen LogP contribution in [0.25, 0.3) is 17.5 Å². The zero-order chi connectivity index (χ0) is 18.7. The van der Waals surface area contributed by atoms with E-state index in [-0.39, 0.29) is 27.9 Å². The molecule has 0 unspecified atom stereocenters. The minimum absolute atomic E-state index is 0.0521. The van der Waals surface area contributed by atoms with E-state index < -0.39 is 11.8 Å². The van der Waals surface area contributed by atoms with Crippen molar-refractivity contribution >= 4 is 23.6 Å². The molecule has 0 amide bonds. The first-order chi connectivity index (χ1) is 11.8. The van der Waals surface area contributed by atoms with Gasteiger partial charge in [-0.3, -0.25) is 0 Å². The number of esters is 1. The zero-order valence-electron chi connectivity index (χ0n) is 14.6. The summed E-state index contributed by atoms with van der Waals surface area (Å²) in [6, 6.07) is 2.93. The number of aromatic nitrogens is 2. The molecule has 0 bridgehead atoms. The summed E-state index contributed by atoms with van der Waals surface area (Å²) in [5, 5.41) is 0.134. The molecule has 132 valence electrons. The van der Waals surface area contributed by atoms with Gasteiger partial charge >= 0.3 is 5.97 Å². The van der Waals surface area contributed by atoms with Crippen LogP contribution in [0.3, 0.4) is 0 Å². The van der Waals surface area contributed by atoms with Gasteiger partial charge < -0.3 is 9.47 Å². The monoisotopic (exact) mass is 364 g/mol. The lowest BCUT2D eigenvalue weighted by Crippen LogP contribution is -2.11. The molecule has 7 heteroatoms. The highest BCUT2D eigenvalue weighted by Crippen LogP contribution is 2.34. The van der Waals surface area contributed by atoms with Gasteiger partial charge in [0.1, 0.15) is 0 Å². The third kappa shape index (κ3) is 3.79. The van der Waals surface area contributed by atoms with Gasteiger partial charge in [0.15, 0.2) is 23.1 Å². The maximum absolute atomic E-state index is 14.7. The molecule has 0 saturated carbocycles. The SMILES string of the molecule is COC(=O)c1nc(-c2ccc(Cl)c(OC)c2F)nc(C)c1C=C(C)C. The molecule has 1 aromatic heterocycles. The molecule has 25 heavy (non-hydrogen) atoms. The lowest BCUT2D eigenvalue weighted by Gasteiger charge is -2.12. The maximum atomic E-state index is 14.7. The van der Waals surface area contributed by atoms with Crippen LogP contribution in [-0.2, 0) is 4.74 Å². The van der Waals surface area contributed by atoms with Crippen LogP contribution in [0.5, 0.6) is 5.75 Å². The van der Waals surface area contributed by atoms with Gasteiger partial charge in [0, 0.05) is 11.3 Å². The first-order valence-corrected chi connectivity index (χ1v) is 7.82. The van der Waals surface area contributed by atoms with E-state index in [1.807, 2.05) is 13.8 Å². The predicted molar refractivity (Wildman–Crippen MR) is 94.4 cm³/mol. The van der Waals surface area contributed by atoms with Crippen molar-refractivity contribution in [1.29, 1.82) is 0 Å². The Labute approximate surface area is 150 Å². The molecule has 0 aliphatic rings. The molecule has 0 N–H and O–H groups in total. The molecular formula is C18H18ClFN2O3. The fourth-order valence-electron chi connectivity index (χ4n) is 2.31. The summed E-state index contributed by atoms with van der Waals surface area (Å²) in [7, 11) is 2.58. The Hall–Kier alpha value is -2.47. The molecular weight excluding hydrogens is 347 g/mol. The van der Waals surface area contributed by atoms with E-state index in [1.165, 1.54) is 26.4 Å². The molecule has 0 fully saturated rings. The quantitative estimate of drug-likeness (QED) is 0.749. The maximum Gasteiger partial charge on any atom is 0.357 e. The number of rotatable bonds is 4. The number of aryl methyl sites for hydroxylation is 1. The fourth-order valence-corrected chi connectivity index (χ4v) is 2.53. The van der Waals surface area contributed by atoms with Crippen LogP contribution < -0.4 is 4.74 Å². The summed E-state index contributed by atoms with van der Waals surface area (Å²) in [6.07, 6.45) is 1.78. The molecule has 1 heterocycles. The van der Waals surface area contributed by atoms with Gasteiger partial charge in [0.05, 0.1) is 24.8 Å². The fraction of sp³-hybridized carbons (Fsp3) is 0.278. The molecule has 0 atom stereocenters. The number of carbonyl (C=O) groups is 1. The van der Waals surface area contributed by atoms with Gasteiger partial charge in [-0.1, -0.05) is 23.3 Å². The van der Waals surface area contributed by atoms with Crippen molar-refractivity contribution in [2.75, 3.05) is 14.2 Å². The van der Waals surface area contributed by atoms with Crippen LogP contribution in [-0.4, -0.2) is 30.2 Å². The lowest BCUT2D eigenvalue weighted by molar-refractivity contribution is 0.0593. The van der Waals surface area contributed by atoms with E-state index >= 15 is 0 Å². The van der Waals surface area contributed by atoms with Crippen LogP contribution in [0.15, 0.2) is 17.7 Å². The van der Waals surface area contributed by atoms with Crippen molar-refractivity contribution in [2.24, 2.45) is 0 Å². The highest BCUT2D eigenvalue weighted by Gasteiger charge is 2.22. The number of ether oxygens (including phenoxy) is 2. The number of benzene rings is 1. The second-order valence-corrected chi connectivity index (χ2v) is 5.96. The number of hydrogen-bond acceptors (Lipinski definition) is 5. The van der Waals surface area contributed by atoms with Crippen molar-refractivity contribution < 1.29 is 18.7 Å². The summed E-state index contributed by atoms with van der Waals surface area (Å²) in [6.45, 7) is 5.49. The first kappa shape index (κ1) is 18.9. The summed E-state index contributed by atoms with van der Waals surface area (Å²) < 4.78 is 24.4. The van der Waals surface area contributed by atoms with Gasteiger partial charge in [-0.2, -0.15) is 0 Å². The molecule has 0 saturated heterocycles. The molecule has 0 radical (unpaired) electrons. The predicted octanol–water partition coefficient (Wildman–Crippen LogP) is 4.46. The molecule has 5 nitrogen and oxygen atoms in total. The Balaban J connectivity index is 2.75. The number of allylic oxidation sites excluding steroid dienone is 1. The summed E-state index contributed by atoms with van der Waals surface area (Å²) in [5.41, 5.74) is 2.18. The van der Waals surface area contributed by atoms with E-state index in [4.69, 9.17) is 21.1 Å². The molecule has 0 spiro atoms. The summed E-state index contributed by atoms with van der Waals surface area (Å²) in [4.78, 5) is 20.7. The Kier molecular flexibility index (Phi) is 5.74. The van der Waals surface area contributed by atoms with Crippen molar-refractivity contribution in [1.82, 2.24) is 9.97 Å². The standard InChI is InChI=1S/C18H18ClFN2O3/c1-9(2)8-12-10(3)21-17(22-15(12)18(23)25-5)11-6-7-13(19)16(24-4)14(11)20/h6-8H,1-5H3. The minimum atomic E-state index is -0.694. The van der Waals surface area contributed by atoms with Crippen LogP contribution >= 0.6 is 11.6 Å². The Morgan fingerprint density at radius 3 is 2.48 bits per heavy atom. The number of carbonyl (C=O) groups excluding carboxylic acids is 1. The molecule has 2 aromatic rings. The molecule has 0 aliphatic heterocycles. The van der Waals surface area contributed by atoms with Crippen molar-refractivity contribution in [3.05, 3.63) is 45.5 Å². The number of hydrogen-bond donors (Lipinski definition) is 0. The van der Waals surface area contributed by atoms with E-state index in [0.717, 1.165) is 5.57 Å². The normalized spacial score (nSPS) is 10.4. The number of nitrogens with zero attached hydrogens (tertiary/aromatic N) is 2. The van der Waals surface area contributed by atoms with Crippen LogP contribution in [0, 0.1) is 12.7 Å². The van der Waals surface area contributed by atoms with Gasteiger partial charge in [-0.25, -0.2) is 19.2 Å². The molecule has 0 aliphatic carbocycles. The Morgan fingerprint density at radius 2 is 1.92 bits per heavy atom. The van der Waals surface area contributed by atoms with Gasteiger partial charge in [0.25, 0.3) is 0 Å². The highest BCUT2D eigenvalue weighted by molar-refractivity contribution is 6.32. The Bertz CT molecular complexity index is 862. The molecule has 2 rings (SSSR count). The largest absolute Gasteiger partial charge is 0.492 e. The number of halogens is 2. The molecule has 1 aromatic carbocycles. The van der Waals surface area contributed by atoms with Crippen molar-refractivity contribution in [3.63, 3.8) is 0 Å². The van der Waals surface area contributed by atoms with Crippen molar-refractivity contribution in [2.45, 2.75) is 20.8 Å². The lowest BCUT2D eigenvalue weighted by atomic mass is 10.1. The second kappa shape index (κ2) is 7.61. The van der Waals surface area contributed by atoms with Gasteiger partial charge in [-0.15, -0.1) is 0 Å². The topological polar surface area (TPSA) is 61.3 Å². The van der Waals surface area contributed by atoms with E-state index in [0.29, 0.717) is 11.3 Å².